The number of rotatable bonds is 9. The number of carbonyl (C=O) groups excluding carboxylic acids is 1. The number of nitrogens with one attached hydrogen (secondary N) is 2. The van der Waals surface area contributed by atoms with Gasteiger partial charge in [-0.05, 0) is 25.1 Å². The van der Waals surface area contributed by atoms with Crippen molar-refractivity contribution in [1.29, 1.82) is 0 Å². The van der Waals surface area contributed by atoms with Crippen molar-refractivity contribution in [3.05, 3.63) is 48.0 Å². The zero-order valence-corrected chi connectivity index (χ0v) is 17.3. The summed E-state index contributed by atoms with van der Waals surface area (Å²) in [4.78, 5) is 21.3. The van der Waals surface area contributed by atoms with E-state index in [2.05, 4.69) is 25.7 Å². The Hall–Kier alpha value is -3.82. The van der Waals surface area contributed by atoms with Crippen molar-refractivity contribution in [3.8, 4) is 23.1 Å². The normalized spacial score (nSPS) is 10.4. The molecule has 0 fully saturated rings. The van der Waals surface area contributed by atoms with E-state index in [1.54, 1.807) is 29.1 Å². The van der Waals surface area contributed by atoms with Gasteiger partial charge in [-0.1, -0.05) is 0 Å². The molecule has 0 bridgehead atoms. The van der Waals surface area contributed by atoms with Crippen molar-refractivity contribution in [2.75, 3.05) is 39.7 Å². The molecule has 0 aliphatic rings. The van der Waals surface area contributed by atoms with Crippen molar-refractivity contribution in [3.63, 3.8) is 0 Å². The molecule has 3 aromatic rings. The Morgan fingerprint density at radius 3 is 2.37 bits per heavy atom. The van der Waals surface area contributed by atoms with Crippen LogP contribution in [0.25, 0.3) is 5.82 Å². The fourth-order valence-electron chi connectivity index (χ4n) is 2.85. The molecule has 30 heavy (non-hydrogen) atoms. The Morgan fingerprint density at radius 2 is 1.77 bits per heavy atom. The van der Waals surface area contributed by atoms with Crippen molar-refractivity contribution in [2.45, 2.75) is 6.92 Å². The standard InChI is InChI=1S/C20H24N6O4/c1-13-24-17(12-18(25-13)26-9-5-6-23-26)21-7-8-22-20(27)14-10-15(28-2)19(30-4)16(11-14)29-3/h5-6,9-12H,7-8H2,1-4H3,(H,22,27)(H,21,24,25). The molecule has 2 aromatic heterocycles. The zero-order chi connectivity index (χ0) is 21.5. The minimum Gasteiger partial charge on any atom is -0.493 e. The summed E-state index contributed by atoms with van der Waals surface area (Å²) in [6.45, 7) is 2.67. The Labute approximate surface area is 174 Å². The van der Waals surface area contributed by atoms with Gasteiger partial charge < -0.3 is 24.8 Å². The quantitative estimate of drug-likeness (QED) is 0.512. The van der Waals surface area contributed by atoms with E-state index in [4.69, 9.17) is 14.2 Å². The third-order valence-corrected chi connectivity index (χ3v) is 4.21. The number of carbonyl (C=O) groups is 1. The van der Waals surface area contributed by atoms with Crippen LogP contribution in [-0.4, -0.2) is 60.1 Å². The van der Waals surface area contributed by atoms with E-state index in [1.165, 1.54) is 21.3 Å². The number of ether oxygens (including phenoxy) is 3. The van der Waals surface area contributed by atoms with E-state index in [-0.39, 0.29) is 5.91 Å². The fourth-order valence-corrected chi connectivity index (χ4v) is 2.85. The molecule has 0 spiro atoms. The average molecular weight is 412 g/mol. The maximum absolute atomic E-state index is 12.5. The van der Waals surface area contributed by atoms with Gasteiger partial charge in [0.15, 0.2) is 17.3 Å². The number of aromatic nitrogens is 4. The number of hydrogen-bond donors (Lipinski definition) is 2. The molecule has 0 aliphatic heterocycles. The smallest absolute Gasteiger partial charge is 0.251 e. The Balaban J connectivity index is 1.60. The van der Waals surface area contributed by atoms with Gasteiger partial charge in [0, 0.05) is 37.1 Å². The largest absolute Gasteiger partial charge is 0.493 e. The molecule has 0 radical (unpaired) electrons. The fraction of sp³-hybridized carbons (Fsp3) is 0.300. The van der Waals surface area contributed by atoms with Crippen LogP contribution in [0.4, 0.5) is 5.82 Å². The van der Waals surface area contributed by atoms with Gasteiger partial charge in [0.2, 0.25) is 5.75 Å². The average Bonchev–Trinajstić information content (AvgIpc) is 3.30. The summed E-state index contributed by atoms with van der Waals surface area (Å²) in [5.74, 6) is 2.95. The summed E-state index contributed by atoms with van der Waals surface area (Å²) in [7, 11) is 4.52. The maximum Gasteiger partial charge on any atom is 0.251 e. The third kappa shape index (κ3) is 4.77. The van der Waals surface area contributed by atoms with Gasteiger partial charge in [-0.15, -0.1) is 0 Å². The third-order valence-electron chi connectivity index (χ3n) is 4.21. The van der Waals surface area contributed by atoms with Crippen molar-refractivity contribution < 1.29 is 19.0 Å². The van der Waals surface area contributed by atoms with Gasteiger partial charge in [0.05, 0.1) is 21.3 Å². The summed E-state index contributed by atoms with van der Waals surface area (Å²) in [6.07, 6.45) is 3.49. The number of benzene rings is 1. The van der Waals surface area contributed by atoms with Crippen LogP contribution in [0, 0.1) is 6.92 Å². The maximum atomic E-state index is 12.5. The van der Waals surface area contributed by atoms with Crippen LogP contribution in [0.2, 0.25) is 0 Å². The first kappa shape index (κ1) is 20.9. The predicted molar refractivity (Wildman–Crippen MR) is 111 cm³/mol. The topological polar surface area (TPSA) is 112 Å². The van der Waals surface area contributed by atoms with E-state index in [0.717, 1.165) is 0 Å². The summed E-state index contributed by atoms with van der Waals surface area (Å²) in [5.41, 5.74) is 0.406. The van der Waals surface area contributed by atoms with Gasteiger partial charge in [-0.25, -0.2) is 14.6 Å². The highest BCUT2D eigenvalue weighted by Crippen LogP contribution is 2.38. The van der Waals surface area contributed by atoms with Gasteiger partial charge >= 0.3 is 0 Å². The van der Waals surface area contributed by atoms with E-state index < -0.39 is 0 Å². The van der Waals surface area contributed by atoms with Crippen LogP contribution in [0.5, 0.6) is 17.2 Å². The molecule has 0 aliphatic carbocycles. The van der Waals surface area contributed by atoms with E-state index >= 15 is 0 Å². The lowest BCUT2D eigenvalue weighted by atomic mass is 10.1. The number of aryl methyl sites for hydroxylation is 1. The summed E-state index contributed by atoms with van der Waals surface area (Å²) < 4.78 is 17.5. The SMILES string of the molecule is COc1cc(C(=O)NCCNc2cc(-n3cccn3)nc(C)n2)cc(OC)c1OC. The van der Waals surface area contributed by atoms with Crippen molar-refractivity contribution in [1.82, 2.24) is 25.1 Å². The molecule has 0 unspecified atom stereocenters. The van der Waals surface area contributed by atoms with E-state index in [0.29, 0.717) is 53.4 Å². The van der Waals surface area contributed by atoms with Gasteiger partial charge in [0.25, 0.3) is 5.91 Å². The number of methoxy groups -OCH3 is 3. The van der Waals surface area contributed by atoms with E-state index in [1.807, 2.05) is 19.2 Å². The van der Waals surface area contributed by atoms with Crippen LogP contribution in [0.15, 0.2) is 36.7 Å². The molecule has 0 saturated carbocycles. The van der Waals surface area contributed by atoms with Crippen LogP contribution < -0.4 is 24.8 Å². The molecule has 1 aromatic carbocycles. The van der Waals surface area contributed by atoms with Crippen LogP contribution in [0.3, 0.4) is 0 Å². The summed E-state index contributed by atoms with van der Waals surface area (Å²) in [5, 5.41) is 10.2. The summed E-state index contributed by atoms with van der Waals surface area (Å²) >= 11 is 0. The molecule has 3 rings (SSSR count). The van der Waals surface area contributed by atoms with Gasteiger partial charge in [-0.3, -0.25) is 4.79 Å². The minimum atomic E-state index is -0.257. The van der Waals surface area contributed by atoms with Crippen LogP contribution in [-0.2, 0) is 0 Å². The first-order valence-corrected chi connectivity index (χ1v) is 9.23. The molecule has 2 heterocycles. The van der Waals surface area contributed by atoms with Crippen LogP contribution >= 0.6 is 0 Å². The number of anilines is 1. The molecule has 0 atom stereocenters. The highest BCUT2D eigenvalue weighted by atomic mass is 16.5. The lowest BCUT2D eigenvalue weighted by Gasteiger charge is -2.14. The molecular weight excluding hydrogens is 388 g/mol. The van der Waals surface area contributed by atoms with Crippen molar-refractivity contribution >= 4 is 11.7 Å². The first-order chi connectivity index (χ1) is 14.5. The Kier molecular flexibility index (Phi) is 6.68. The Morgan fingerprint density at radius 1 is 1.03 bits per heavy atom. The molecule has 10 nitrogen and oxygen atoms in total. The second kappa shape index (κ2) is 9.59. The second-order valence-corrected chi connectivity index (χ2v) is 6.21. The molecule has 0 saturated heterocycles. The van der Waals surface area contributed by atoms with Crippen molar-refractivity contribution in [2.24, 2.45) is 0 Å². The monoisotopic (exact) mass is 412 g/mol. The number of nitrogens with zero attached hydrogens (tertiary/aromatic N) is 4. The minimum absolute atomic E-state index is 0.257. The number of amides is 1. The lowest BCUT2D eigenvalue weighted by Crippen LogP contribution is -2.29. The number of hydrogen-bond acceptors (Lipinski definition) is 8. The Bertz CT molecular complexity index is 982. The van der Waals surface area contributed by atoms with Gasteiger partial charge in [-0.2, -0.15) is 5.10 Å². The predicted octanol–water partition coefficient (Wildman–Crippen LogP) is 1.84. The first-order valence-electron chi connectivity index (χ1n) is 9.23. The highest BCUT2D eigenvalue weighted by Gasteiger charge is 2.16. The highest BCUT2D eigenvalue weighted by molar-refractivity contribution is 5.95. The molecule has 1 amide bonds. The van der Waals surface area contributed by atoms with E-state index in [9.17, 15) is 4.79 Å². The second-order valence-electron chi connectivity index (χ2n) is 6.21. The van der Waals surface area contributed by atoms with Gasteiger partial charge in [0.1, 0.15) is 11.6 Å². The zero-order valence-electron chi connectivity index (χ0n) is 17.3. The lowest BCUT2D eigenvalue weighted by molar-refractivity contribution is 0.0954. The molecule has 2 N–H and O–H groups in total. The molecule has 10 heteroatoms. The molecule has 158 valence electrons. The summed E-state index contributed by atoms with van der Waals surface area (Å²) in [6, 6.07) is 6.83. The van der Waals surface area contributed by atoms with Crippen LogP contribution in [0.1, 0.15) is 16.2 Å². The molecular formula is C20H24N6O4.